The summed E-state index contributed by atoms with van der Waals surface area (Å²) in [5.74, 6) is -0.135. The first-order valence-electron chi connectivity index (χ1n) is 11.2. The number of amides is 3. The number of rotatable bonds is 6. The summed E-state index contributed by atoms with van der Waals surface area (Å²) in [7, 11) is 0. The lowest BCUT2D eigenvalue weighted by atomic mass is 9.89. The predicted molar refractivity (Wildman–Crippen MR) is 115 cm³/mol. The first-order chi connectivity index (χ1) is 14.4. The number of fused-ring (bicyclic) bond motifs is 1. The van der Waals surface area contributed by atoms with E-state index in [0.717, 1.165) is 24.2 Å². The Bertz CT molecular complexity index is 838. The Morgan fingerprint density at radius 2 is 1.87 bits per heavy atom. The van der Waals surface area contributed by atoms with Gasteiger partial charge < -0.3 is 15.5 Å². The van der Waals surface area contributed by atoms with Crippen molar-refractivity contribution < 1.29 is 14.4 Å². The van der Waals surface area contributed by atoms with Gasteiger partial charge in [-0.05, 0) is 55.5 Å². The number of benzene rings is 1. The SMILES string of the molecule is CC(C)CNC1CCCCC1Nc1ccc2c(c1)CN(C1CCC(=O)NC1=O)C2=O. The van der Waals surface area contributed by atoms with Crippen LogP contribution < -0.4 is 16.0 Å². The molecule has 1 saturated carbocycles. The van der Waals surface area contributed by atoms with Crippen LogP contribution in [-0.4, -0.2) is 47.3 Å². The van der Waals surface area contributed by atoms with Crippen LogP contribution in [0.5, 0.6) is 0 Å². The molecule has 3 unspecified atom stereocenters. The fourth-order valence-electron chi connectivity index (χ4n) is 4.81. The zero-order valence-corrected chi connectivity index (χ0v) is 17.9. The van der Waals surface area contributed by atoms with Crippen LogP contribution in [0.15, 0.2) is 18.2 Å². The number of piperidine rings is 1. The molecule has 2 heterocycles. The minimum Gasteiger partial charge on any atom is -0.381 e. The maximum Gasteiger partial charge on any atom is 0.255 e. The van der Waals surface area contributed by atoms with Crippen molar-refractivity contribution >= 4 is 23.4 Å². The number of imide groups is 1. The average Bonchev–Trinajstić information content (AvgIpc) is 3.03. The molecule has 1 saturated heterocycles. The van der Waals surface area contributed by atoms with E-state index in [-0.39, 0.29) is 24.1 Å². The van der Waals surface area contributed by atoms with E-state index >= 15 is 0 Å². The lowest BCUT2D eigenvalue weighted by Crippen LogP contribution is -2.52. The van der Waals surface area contributed by atoms with Gasteiger partial charge in [-0.25, -0.2) is 0 Å². The van der Waals surface area contributed by atoms with Gasteiger partial charge in [0.2, 0.25) is 11.8 Å². The molecule has 7 nitrogen and oxygen atoms in total. The third-order valence-electron chi connectivity index (χ3n) is 6.43. The fourth-order valence-corrected chi connectivity index (χ4v) is 4.81. The molecular weight excluding hydrogens is 380 g/mol. The van der Waals surface area contributed by atoms with E-state index in [0.29, 0.717) is 36.5 Å². The second-order valence-corrected chi connectivity index (χ2v) is 9.22. The third-order valence-corrected chi connectivity index (χ3v) is 6.43. The van der Waals surface area contributed by atoms with E-state index < -0.39 is 6.04 Å². The molecular formula is C23H32N4O3. The number of anilines is 1. The molecule has 3 aliphatic rings. The van der Waals surface area contributed by atoms with Crippen LogP contribution in [0.3, 0.4) is 0 Å². The average molecular weight is 413 g/mol. The summed E-state index contributed by atoms with van der Waals surface area (Å²) in [6.45, 7) is 5.88. The number of nitrogens with zero attached hydrogens (tertiary/aromatic N) is 1. The summed E-state index contributed by atoms with van der Waals surface area (Å²) in [6, 6.07) is 6.15. The van der Waals surface area contributed by atoms with E-state index in [1.165, 1.54) is 19.3 Å². The van der Waals surface area contributed by atoms with Crippen molar-refractivity contribution in [2.45, 2.75) is 77.0 Å². The molecule has 0 spiro atoms. The van der Waals surface area contributed by atoms with Gasteiger partial charge in [0, 0.05) is 36.3 Å². The zero-order valence-electron chi connectivity index (χ0n) is 17.9. The molecule has 1 aliphatic carbocycles. The second kappa shape index (κ2) is 8.76. The maximum absolute atomic E-state index is 12.9. The molecule has 1 aromatic carbocycles. The minimum atomic E-state index is -0.568. The topological polar surface area (TPSA) is 90.5 Å². The number of hydrogen-bond donors (Lipinski definition) is 3. The van der Waals surface area contributed by atoms with E-state index in [9.17, 15) is 14.4 Å². The predicted octanol–water partition coefficient (Wildman–Crippen LogP) is 2.42. The Hall–Kier alpha value is -2.41. The Morgan fingerprint density at radius 1 is 1.10 bits per heavy atom. The Morgan fingerprint density at radius 3 is 2.60 bits per heavy atom. The smallest absolute Gasteiger partial charge is 0.255 e. The van der Waals surface area contributed by atoms with E-state index in [4.69, 9.17) is 0 Å². The zero-order chi connectivity index (χ0) is 21.3. The summed E-state index contributed by atoms with van der Waals surface area (Å²) in [6.07, 6.45) is 5.46. The highest BCUT2D eigenvalue weighted by atomic mass is 16.2. The number of hydrogen-bond acceptors (Lipinski definition) is 5. The van der Waals surface area contributed by atoms with E-state index in [1.807, 2.05) is 18.2 Å². The molecule has 30 heavy (non-hydrogen) atoms. The van der Waals surface area contributed by atoms with Crippen LogP contribution >= 0.6 is 0 Å². The summed E-state index contributed by atoms with van der Waals surface area (Å²) in [5.41, 5.74) is 2.62. The summed E-state index contributed by atoms with van der Waals surface area (Å²) in [5, 5.41) is 9.76. The standard InChI is InChI=1S/C23H32N4O3/c1-14(2)12-24-18-5-3-4-6-19(18)25-16-7-8-17-15(11-16)13-27(23(17)30)20-9-10-21(28)26-22(20)29/h7-8,11,14,18-20,24-25H,3-6,9-10,12-13H2,1-2H3,(H,26,28,29). The van der Waals surface area contributed by atoms with Crippen LogP contribution in [0, 0.1) is 5.92 Å². The van der Waals surface area contributed by atoms with Gasteiger partial charge in [-0.3, -0.25) is 19.7 Å². The van der Waals surface area contributed by atoms with Crippen molar-refractivity contribution in [2.75, 3.05) is 11.9 Å². The van der Waals surface area contributed by atoms with Crippen molar-refractivity contribution in [3.8, 4) is 0 Å². The molecule has 3 N–H and O–H groups in total. The molecule has 0 aromatic heterocycles. The monoisotopic (exact) mass is 412 g/mol. The van der Waals surface area contributed by atoms with Gasteiger partial charge in [0.15, 0.2) is 0 Å². The van der Waals surface area contributed by atoms with Crippen molar-refractivity contribution in [1.29, 1.82) is 0 Å². The van der Waals surface area contributed by atoms with Gasteiger partial charge in [0.05, 0.1) is 0 Å². The molecule has 3 amide bonds. The van der Waals surface area contributed by atoms with Crippen molar-refractivity contribution in [1.82, 2.24) is 15.5 Å². The molecule has 0 bridgehead atoms. The Kier molecular flexibility index (Phi) is 6.09. The van der Waals surface area contributed by atoms with Crippen molar-refractivity contribution in [2.24, 2.45) is 5.92 Å². The number of nitrogens with one attached hydrogen (secondary N) is 3. The maximum atomic E-state index is 12.9. The van der Waals surface area contributed by atoms with Crippen LogP contribution in [-0.2, 0) is 16.1 Å². The lowest BCUT2D eigenvalue weighted by molar-refractivity contribution is -0.136. The van der Waals surface area contributed by atoms with Crippen molar-refractivity contribution in [3.05, 3.63) is 29.3 Å². The van der Waals surface area contributed by atoms with Crippen LogP contribution in [0.1, 0.15) is 68.3 Å². The molecule has 4 rings (SSSR count). The molecule has 0 radical (unpaired) electrons. The Labute approximate surface area is 178 Å². The lowest BCUT2D eigenvalue weighted by Gasteiger charge is -2.34. The van der Waals surface area contributed by atoms with Gasteiger partial charge >= 0.3 is 0 Å². The quantitative estimate of drug-likeness (QED) is 0.625. The highest BCUT2D eigenvalue weighted by molar-refractivity contribution is 6.05. The minimum absolute atomic E-state index is 0.125. The second-order valence-electron chi connectivity index (χ2n) is 9.22. The largest absolute Gasteiger partial charge is 0.381 e. The van der Waals surface area contributed by atoms with E-state index in [2.05, 4.69) is 29.8 Å². The molecule has 7 heteroatoms. The first kappa shape index (κ1) is 20.8. The summed E-state index contributed by atoms with van der Waals surface area (Å²) >= 11 is 0. The van der Waals surface area contributed by atoms with E-state index in [1.54, 1.807) is 4.90 Å². The van der Waals surface area contributed by atoms with Gasteiger partial charge in [-0.2, -0.15) is 0 Å². The highest BCUT2D eigenvalue weighted by Crippen LogP contribution is 2.30. The van der Waals surface area contributed by atoms with Crippen molar-refractivity contribution in [3.63, 3.8) is 0 Å². The van der Waals surface area contributed by atoms with Gasteiger partial charge in [-0.15, -0.1) is 0 Å². The summed E-state index contributed by atoms with van der Waals surface area (Å²) in [4.78, 5) is 38.1. The highest BCUT2D eigenvalue weighted by Gasteiger charge is 2.39. The fraction of sp³-hybridized carbons (Fsp3) is 0.609. The summed E-state index contributed by atoms with van der Waals surface area (Å²) < 4.78 is 0. The van der Waals surface area contributed by atoms with Crippen LogP contribution in [0.4, 0.5) is 5.69 Å². The number of carbonyl (C=O) groups is 3. The molecule has 2 aliphatic heterocycles. The molecule has 162 valence electrons. The number of carbonyl (C=O) groups excluding carboxylic acids is 3. The normalized spacial score (nSPS) is 26.7. The van der Waals surface area contributed by atoms with Crippen LogP contribution in [0.2, 0.25) is 0 Å². The van der Waals surface area contributed by atoms with Gasteiger partial charge in [-0.1, -0.05) is 26.7 Å². The molecule has 3 atom stereocenters. The molecule has 2 fully saturated rings. The van der Waals surface area contributed by atoms with Gasteiger partial charge in [0.25, 0.3) is 5.91 Å². The molecule has 1 aromatic rings. The van der Waals surface area contributed by atoms with Crippen LogP contribution in [0.25, 0.3) is 0 Å². The third kappa shape index (κ3) is 4.36. The van der Waals surface area contributed by atoms with Gasteiger partial charge in [0.1, 0.15) is 6.04 Å². The first-order valence-corrected chi connectivity index (χ1v) is 11.2. The Balaban J connectivity index is 1.44.